The van der Waals surface area contributed by atoms with Crippen LogP contribution in [-0.4, -0.2) is 34.0 Å². The zero-order chi connectivity index (χ0) is 14.7. The Morgan fingerprint density at radius 3 is 2.45 bits per heavy atom. The largest absolute Gasteiger partial charge is 0.481 e. The summed E-state index contributed by atoms with van der Waals surface area (Å²) in [6.45, 7) is 0.330. The van der Waals surface area contributed by atoms with Gasteiger partial charge in [-0.3, -0.25) is 9.59 Å². The number of nitrogens with two attached hydrogens (primary N) is 1. The van der Waals surface area contributed by atoms with Crippen molar-refractivity contribution < 1.29 is 19.1 Å². The maximum atomic E-state index is 12.9. The molecule has 5 nitrogen and oxygen atoms in total. The van der Waals surface area contributed by atoms with Crippen LogP contribution in [0.5, 0.6) is 0 Å². The van der Waals surface area contributed by atoms with E-state index in [1.807, 2.05) is 0 Å². The predicted molar refractivity (Wildman–Crippen MR) is 70.2 cm³/mol. The third-order valence-electron chi connectivity index (χ3n) is 3.25. The second-order valence-electron chi connectivity index (χ2n) is 5.03. The summed E-state index contributed by atoms with van der Waals surface area (Å²) in [4.78, 5) is 24.4. The van der Waals surface area contributed by atoms with Crippen molar-refractivity contribution in [3.05, 3.63) is 35.6 Å². The van der Waals surface area contributed by atoms with Crippen LogP contribution in [0.4, 0.5) is 4.39 Å². The van der Waals surface area contributed by atoms with Gasteiger partial charge in [-0.05, 0) is 30.5 Å². The first-order valence-electron chi connectivity index (χ1n) is 6.49. The van der Waals surface area contributed by atoms with Gasteiger partial charge in [0.25, 0.3) is 0 Å². The zero-order valence-electron chi connectivity index (χ0n) is 11.0. The molecule has 6 heteroatoms. The predicted octanol–water partition coefficient (Wildman–Crippen LogP) is 1.12. The van der Waals surface area contributed by atoms with Gasteiger partial charge in [0.15, 0.2) is 0 Å². The van der Waals surface area contributed by atoms with E-state index < -0.39 is 12.0 Å². The molecule has 1 saturated carbocycles. The van der Waals surface area contributed by atoms with Crippen molar-refractivity contribution in [2.24, 2.45) is 5.73 Å². The molecule has 1 fully saturated rings. The van der Waals surface area contributed by atoms with Crippen molar-refractivity contribution in [1.82, 2.24) is 4.90 Å². The summed E-state index contributed by atoms with van der Waals surface area (Å²) < 4.78 is 12.9. The van der Waals surface area contributed by atoms with E-state index in [4.69, 9.17) is 10.8 Å². The Morgan fingerprint density at radius 2 is 1.95 bits per heavy atom. The highest BCUT2D eigenvalue weighted by Gasteiger charge is 2.35. The van der Waals surface area contributed by atoms with Crippen molar-refractivity contribution in [1.29, 1.82) is 0 Å². The van der Waals surface area contributed by atoms with Gasteiger partial charge in [-0.2, -0.15) is 0 Å². The fourth-order valence-electron chi connectivity index (χ4n) is 2.05. The van der Waals surface area contributed by atoms with Gasteiger partial charge in [-0.1, -0.05) is 12.1 Å². The molecule has 0 radical (unpaired) electrons. The molecule has 0 spiro atoms. The van der Waals surface area contributed by atoms with Crippen LogP contribution in [0.25, 0.3) is 0 Å². The molecule has 1 aromatic carbocycles. The molecular formula is C14H17FN2O3. The Morgan fingerprint density at radius 1 is 1.35 bits per heavy atom. The van der Waals surface area contributed by atoms with E-state index in [1.165, 1.54) is 12.1 Å². The highest BCUT2D eigenvalue weighted by atomic mass is 19.1. The first kappa shape index (κ1) is 14.5. The van der Waals surface area contributed by atoms with Crippen LogP contribution in [0, 0.1) is 5.82 Å². The molecule has 108 valence electrons. The van der Waals surface area contributed by atoms with Crippen LogP contribution in [0.1, 0.15) is 24.8 Å². The number of benzene rings is 1. The molecule has 3 N–H and O–H groups in total. The Balaban J connectivity index is 2.05. The van der Waals surface area contributed by atoms with Crippen molar-refractivity contribution >= 4 is 11.9 Å². The number of carboxylic acid groups (broad SMARTS) is 1. The summed E-state index contributed by atoms with van der Waals surface area (Å²) in [5, 5.41) is 8.70. The number of aliphatic carboxylic acids is 1. The quantitative estimate of drug-likeness (QED) is 0.818. The number of amides is 1. The summed E-state index contributed by atoms with van der Waals surface area (Å²) in [7, 11) is 0. The minimum absolute atomic E-state index is 0.118. The minimum Gasteiger partial charge on any atom is -0.481 e. The van der Waals surface area contributed by atoms with E-state index in [1.54, 1.807) is 17.0 Å². The zero-order valence-corrected chi connectivity index (χ0v) is 11.0. The molecular weight excluding hydrogens is 263 g/mol. The number of hydrogen-bond donors (Lipinski definition) is 2. The first-order chi connectivity index (χ1) is 9.47. The third-order valence-corrected chi connectivity index (χ3v) is 3.25. The highest BCUT2D eigenvalue weighted by molar-refractivity contribution is 5.86. The van der Waals surface area contributed by atoms with E-state index in [0.717, 1.165) is 18.4 Å². The molecule has 1 aliphatic rings. The fraction of sp³-hybridized carbons (Fsp3) is 0.429. The van der Waals surface area contributed by atoms with Gasteiger partial charge in [0.05, 0.1) is 12.5 Å². The summed E-state index contributed by atoms with van der Waals surface area (Å²) >= 11 is 0. The second kappa shape index (κ2) is 6.00. The summed E-state index contributed by atoms with van der Waals surface area (Å²) in [5.41, 5.74) is 6.43. The monoisotopic (exact) mass is 280 g/mol. The van der Waals surface area contributed by atoms with Gasteiger partial charge in [-0.15, -0.1) is 0 Å². The summed E-state index contributed by atoms with van der Waals surface area (Å²) in [6, 6.07) is 4.98. The number of carboxylic acids is 1. The highest BCUT2D eigenvalue weighted by Crippen LogP contribution is 2.29. The second-order valence-corrected chi connectivity index (χ2v) is 5.03. The molecule has 0 bridgehead atoms. The SMILES string of the molecule is NC(CC(=O)O)C(=O)N(Cc1ccc(F)cc1)C1CC1. The number of halogens is 1. The average Bonchev–Trinajstić information content (AvgIpc) is 3.21. The normalized spacial score (nSPS) is 15.7. The van der Waals surface area contributed by atoms with Crippen LogP contribution in [0.15, 0.2) is 24.3 Å². The average molecular weight is 280 g/mol. The number of hydrogen-bond acceptors (Lipinski definition) is 3. The summed E-state index contributed by atoms with van der Waals surface area (Å²) in [6.07, 6.45) is 1.41. The van der Waals surface area contributed by atoms with Crippen LogP contribution in [-0.2, 0) is 16.1 Å². The van der Waals surface area contributed by atoms with Crippen LogP contribution < -0.4 is 5.73 Å². The topological polar surface area (TPSA) is 83.6 Å². The number of rotatable bonds is 6. The Kier molecular flexibility index (Phi) is 4.34. The lowest BCUT2D eigenvalue weighted by molar-refractivity contribution is -0.142. The van der Waals surface area contributed by atoms with E-state index in [0.29, 0.717) is 6.54 Å². The van der Waals surface area contributed by atoms with Gasteiger partial charge in [0.2, 0.25) is 5.91 Å². The standard InChI is InChI=1S/C14H17FN2O3/c15-10-3-1-9(2-4-10)8-17(11-5-6-11)14(20)12(16)7-13(18)19/h1-4,11-12H,5-8,16H2,(H,18,19). The number of nitrogens with zero attached hydrogens (tertiary/aromatic N) is 1. The van der Waals surface area contributed by atoms with Crippen molar-refractivity contribution in [2.45, 2.75) is 37.9 Å². The molecule has 1 unspecified atom stereocenters. The number of carbonyl (C=O) groups is 2. The Labute approximate surface area is 116 Å². The Hall–Kier alpha value is -1.95. The van der Waals surface area contributed by atoms with Gasteiger partial charge in [0, 0.05) is 12.6 Å². The molecule has 1 amide bonds. The van der Waals surface area contributed by atoms with Crippen molar-refractivity contribution in [3.8, 4) is 0 Å². The third kappa shape index (κ3) is 3.77. The van der Waals surface area contributed by atoms with Crippen molar-refractivity contribution in [2.75, 3.05) is 0 Å². The maximum Gasteiger partial charge on any atom is 0.305 e. The summed E-state index contributed by atoms with van der Waals surface area (Å²) in [5.74, 6) is -1.79. The van der Waals surface area contributed by atoms with E-state index in [2.05, 4.69) is 0 Å². The molecule has 0 heterocycles. The van der Waals surface area contributed by atoms with Gasteiger partial charge < -0.3 is 15.7 Å². The molecule has 1 aromatic rings. The minimum atomic E-state index is -1.09. The van der Waals surface area contributed by atoms with Crippen LogP contribution in [0.2, 0.25) is 0 Å². The molecule has 2 rings (SSSR count). The van der Waals surface area contributed by atoms with E-state index in [9.17, 15) is 14.0 Å². The lowest BCUT2D eigenvalue weighted by Crippen LogP contribution is -2.45. The maximum absolute atomic E-state index is 12.9. The van der Waals surface area contributed by atoms with Crippen LogP contribution >= 0.6 is 0 Å². The first-order valence-corrected chi connectivity index (χ1v) is 6.49. The van der Waals surface area contributed by atoms with E-state index >= 15 is 0 Å². The molecule has 20 heavy (non-hydrogen) atoms. The number of carbonyl (C=O) groups excluding carboxylic acids is 1. The molecule has 0 saturated heterocycles. The van der Waals surface area contributed by atoms with Crippen LogP contribution in [0.3, 0.4) is 0 Å². The smallest absolute Gasteiger partial charge is 0.305 e. The Bertz CT molecular complexity index is 500. The van der Waals surface area contributed by atoms with E-state index in [-0.39, 0.29) is 24.2 Å². The van der Waals surface area contributed by atoms with Gasteiger partial charge in [0.1, 0.15) is 5.82 Å². The molecule has 0 aliphatic heterocycles. The van der Waals surface area contributed by atoms with Gasteiger partial charge >= 0.3 is 5.97 Å². The molecule has 0 aromatic heterocycles. The lowest BCUT2D eigenvalue weighted by Gasteiger charge is -2.25. The lowest BCUT2D eigenvalue weighted by atomic mass is 10.1. The molecule has 1 aliphatic carbocycles. The van der Waals surface area contributed by atoms with Crippen molar-refractivity contribution in [3.63, 3.8) is 0 Å². The molecule has 1 atom stereocenters. The fourth-order valence-corrected chi connectivity index (χ4v) is 2.05. The van der Waals surface area contributed by atoms with Gasteiger partial charge in [-0.25, -0.2) is 4.39 Å².